The Morgan fingerprint density at radius 1 is 0.667 bits per heavy atom. The number of carbonyl (C=O) groups is 4. The fourth-order valence-corrected chi connectivity index (χ4v) is 2.44. The smallest absolute Gasteiger partial charge is 0.343 e. The number of carbonyl (C=O) groups excluding carboxylic acids is 4. The van der Waals surface area contributed by atoms with Crippen LogP contribution in [0.5, 0.6) is 0 Å². The molecule has 0 rings (SSSR count). The van der Waals surface area contributed by atoms with Gasteiger partial charge < -0.3 is 14.6 Å². The van der Waals surface area contributed by atoms with Gasteiger partial charge in [-0.3, -0.25) is 14.4 Å². The van der Waals surface area contributed by atoms with Gasteiger partial charge in [0.15, 0.2) is 6.10 Å². The van der Waals surface area contributed by atoms with Crippen molar-refractivity contribution >= 4 is 23.9 Å². The molecule has 0 aromatic heterocycles. The summed E-state index contributed by atoms with van der Waals surface area (Å²) in [5, 5.41) is 9.63. The third-order valence-electron chi connectivity index (χ3n) is 4.04. The highest BCUT2D eigenvalue weighted by Crippen LogP contribution is 2.08. The summed E-state index contributed by atoms with van der Waals surface area (Å²) in [4.78, 5) is 46.2. The summed E-state index contributed by atoms with van der Waals surface area (Å²) >= 11 is 0. The van der Waals surface area contributed by atoms with Crippen LogP contribution in [-0.4, -0.2) is 35.1 Å². The molecule has 0 aliphatic rings. The highest BCUT2D eigenvalue weighted by atomic mass is 16.6. The van der Waals surface area contributed by atoms with Crippen LogP contribution >= 0.6 is 0 Å². The van der Waals surface area contributed by atoms with Crippen molar-refractivity contribution in [2.75, 3.05) is 0 Å². The fourth-order valence-electron chi connectivity index (χ4n) is 2.44. The fraction of sp³-hybridized carbons (Fsp3) is 0.800. The molecular formula is C20H34O7. The van der Waals surface area contributed by atoms with Crippen molar-refractivity contribution in [1.82, 2.24) is 0 Å². The second-order valence-electron chi connectivity index (χ2n) is 6.69. The summed E-state index contributed by atoms with van der Waals surface area (Å²) in [7, 11) is 0. The molecule has 0 spiro atoms. The summed E-state index contributed by atoms with van der Waals surface area (Å²) in [6.45, 7) is 4.17. The summed E-state index contributed by atoms with van der Waals surface area (Å²) in [6, 6.07) is 0. The number of ether oxygens (including phenoxy) is 2. The van der Waals surface area contributed by atoms with E-state index in [2.05, 4.69) is 23.3 Å². The molecule has 0 aromatic carbocycles. The van der Waals surface area contributed by atoms with Gasteiger partial charge in [-0.2, -0.15) is 0 Å². The SMILES string of the molecule is CCCCCCCC(=O)OC(=O)CC(O)C(=O)OC(=O)CCCCCCC. The average molecular weight is 386 g/mol. The highest BCUT2D eigenvalue weighted by molar-refractivity contribution is 5.92. The predicted octanol–water partition coefficient (Wildman–Crippen LogP) is 3.60. The quantitative estimate of drug-likeness (QED) is 0.260. The molecule has 0 fully saturated rings. The zero-order chi connectivity index (χ0) is 20.5. The second-order valence-corrected chi connectivity index (χ2v) is 6.69. The van der Waals surface area contributed by atoms with Crippen LogP contribution in [0.2, 0.25) is 0 Å². The van der Waals surface area contributed by atoms with E-state index in [4.69, 9.17) is 0 Å². The first-order chi connectivity index (χ1) is 12.9. The highest BCUT2D eigenvalue weighted by Gasteiger charge is 2.25. The van der Waals surface area contributed by atoms with Crippen LogP contribution in [0.1, 0.15) is 97.3 Å². The van der Waals surface area contributed by atoms with E-state index < -0.39 is 36.4 Å². The maximum absolute atomic E-state index is 11.6. The number of rotatable bonds is 15. The molecule has 1 N–H and O–H groups in total. The lowest BCUT2D eigenvalue weighted by Gasteiger charge is -2.09. The molecule has 0 aliphatic carbocycles. The van der Waals surface area contributed by atoms with Gasteiger partial charge in [-0.25, -0.2) is 4.79 Å². The Kier molecular flexibility index (Phi) is 15.3. The van der Waals surface area contributed by atoms with Crippen LogP contribution in [0.4, 0.5) is 0 Å². The molecule has 0 aromatic rings. The Morgan fingerprint density at radius 2 is 1.11 bits per heavy atom. The molecule has 7 nitrogen and oxygen atoms in total. The largest absolute Gasteiger partial charge is 0.393 e. The summed E-state index contributed by atoms with van der Waals surface area (Å²) in [5.74, 6) is -3.62. The number of hydrogen-bond donors (Lipinski definition) is 1. The summed E-state index contributed by atoms with van der Waals surface area (Å²) < 4.78 is 9.06. The first-order valence-corrected chi connectivity index (χ1v) is 10.1. The van der Waals surface area contributed by atoms with E-state index >= 15 is 0 Å². The first-order valence-electron chi connectivity index (χ1n) is 10.1. The molecule has 0 bridgehead atoms. The Hall–Kier alpha value is -1.76. The van der Waals surface area contributed by atoms with Crippen molar-refractivity contribution in [3.8, 4) is 0 Å². The second kappa shape index (κ2) is 16.4. The molecule has 1 atom stereocenters. The Bertz CT molecular complexity index is 459. The number of unbranched alkanes of at least 4 members (excludes halogenated alkanes) is 8. The van der Waals surface area contributed by atoms with Crippen molar-refractivity contribution in [1.29, 1.82) is 0 Å². The predicted molar refractivity (Wildman–Crippen MR) is 99.6 cm³/mol. The van der Waals surface area contributed by atoms with Gasteiger partial charge in [0.25, 0.3) is 0 Å². The van der Waals surface area contributed by atoms with Gasteiger partial charge in [-0.05, 0) is 12.8 Å². The number of hydrogen-bond acceptors (Lipinski definition) is 7. The third-order valence-corrected chi connectivity index (χ3v) is 4.04. The van der Waals surface area contributed by atoms with E-state index in [1.54, 1.807) is 0 Å². The molecule has 0 aliphatic heterocycles. The molecule has 0 radical (unpaired) electrons. The van der Waals surface area contributed by atoms with E-state index in [0.29, 0.717) is 12.8 Å². The van der Waals surface area contributed by atoms with Gasteiger partial charge in [0, 0.05) is 12.8 Å². The van der Waals surface area contributed by atoms with E-state index in [1.807, 2.05) is 0 Å². The third kappa shape index (κ3) is 15.0. The van der Waals surface area contributed by atoms with Crippen LogP contribution < -0.4 is 0 Å². The maximum atomic E-state index is 11.6. The normalized spacial score (nSPS) is 11.7. The van der Waals surface area contributed by atoms with Crippen molar-refractivity contribution in [3.05, 3.63) is 0 Å². The first kappa shape index (κ1) is 25.2. The Morgan fingerprint density at radius 3 is 1.59 bits per heavy atom. The van der Waals surface area contributed by atoms with Crippen molar-refractivity contribution in [2.24, 2.45) is 0 Å². The maximum Gasteiger partial charge on any atom is 0.343 e. The van der Waals surface area contributed by atoms with Crippen LogP contribution in [0, 0.1) is 0 Å². The van der Waals surface area contributed by atoms with E-state index in [1.165, 1.54) is 0 Å². The van der Waals surface area contributed by atoms with E-state index in [9.17, 15) is 24.3 Å². The zero-order valence-corrected chi connectivity index (χ0v) is 16.7. The lowest BCUT2D eigenvalue weighted by atomic mass is 10.1. The summed E-state index contributed by atoms with van der Waals surface area (Å²) in [6.07, 6.45) is 7.06. The van der Waals surface area contributed by atoms with Crippen molar-refractivity contribution < 1.29 is 33.8 Å². The van der Waals surface area contributed by atoms with Crippen molar-refractivity contribution in [2.45, 2.75) is 103 Å². The zero-order valence-electron chi connectivity index (χ0n) is 16.7. The van der Waals surface area contributed by atoms with Crippen molar-refractivity contribution in [3.63, 3.8) is 0 Å². The van der Waals surface area contributed by atoms with Gasteiger partial charge in [0.1, 0.15) is 0 Å². The van der Waals surface area contributed by atoms with Gasteiger partial charge >= 0.3 is 23.9 Å². The molecule has 27 heavy (non-hydrogen) atoms. The molecule has 7 heteroatoms. The van der Waals surface area contributed by atoms with Gasteiger partial charge in [-0.15, -0.1) is 0 Å². The molecule has 0 saturated heterocycles. The van der Waals surface area contributed by atoms with Crippen LogP contribution in [0.15, 0.2) is 0 Å². The number of aliphatic hydroxyl groups excluding tert-OH is 1. The molecule has 0 saturated carbocycles. The van der Waals surface area contributed by atoms with Crippen LogP contribution in [0.3, 0.4) is 0 Å². The number of aliphatic hydroxyl groups is 1. The Balaban J connectivity index is 3.93. The molecular weight excluding hydrogens is 352 g/mol. The molecule has 1 unspecified atom stereocenters. The molecule has 0 heterocycles. The van der Waals surface area contributed by atoms with E-state index in [-0.39, 0.29) is 12.8 Å². The van der Waals surface area contributed by atoms with Gasteiger partial charge in [-0.1, -0.05) is 65.2 Å². The molecule has 0 amide bonds. The lowest BCUT2D eigenvalue weighted by molar-refractivity contribution is -0.171. The Labute approximate surface area is 161 Å². The van der Waals surface area contributed by atoms with E-state index in [0.717, 1.165) is 51.4 Å². The van der Waals surface area contributed by atoms with Crippen LogP contribution in [-0.2, 0) is 28.7 Å². The van der Waals surface area contributed by atoms with Crippen LogP contribution in [0.25, 0.3) is 0 Å². The van der Waals surface area contributed by atoms with Gasteiger partial charge in [0.2, 0.25) is 0 Å². The minimum Gasteiger partial charge on any atom is -0.393 e. The average Bonchev–Trinajstić information content (AvgIpc) is 2.61. The minimum atomic E-state index is -1.82. The monoisotopic (exact) mass is 386 g/mol. The summed E-state index contributed by atoms with van der Waals surface area (Å²) in [5.41, 5.74) is 0. The molecule has 156 valence electrons. The minimum absolute atomic E-state index is 0.0864. The number of esters is 4. The topological polar surface area (TPSA) is 107 Å². The lowest BCUT2D eigenvalue weighted by Crippen LogP contribution is -2.29. The standard InChI is InChI=1S/C20H34O7/c1-3-5-7-9-11-13-17(22)26-19(24)15-16(21)20(25)27-18(23)14-12-10-8-6-4-2/h16,21H,3-15H2,1-2H3. The van der Waals surface area contributed by atoms with Gasteiger partial charge in [0.05, 0.1) is 6.42 Å².